The number of aliphatic imine (C=N–C) groups is 1. The zero-order chi connectivity index (χ0) is 22.9. The Morgan fingerprint density at radius 3 is 2.55 bits per heavy atom. The van der Waals surface area contributed by atoms with Gasteiger partial charge in [-0.1, -0.05) is 53.7 Å². The lowest BCUT2D eigenvalue weighted by molar-refractivity contribution is 0.0252. The van der Waals surface area contributed by atoms with Crippen molar-refractivity contribution in [2.75, 3.05) is 10.7 Å². The number of hydrogen-bond donors (Lipinski definition) is 0. The smallest absolute Gasteiger partial charge is 0.339 e. The molecule has 1 amide bonds. The molecule has 0 spiro atoms. The fourth-order valence-electron chi connectivity index (χ4n) is 4.00. The predicted octanol–water partition coefficient (Wildman–Crippen LogP) is 5.93. The number of esters is 1. The van der Waals surface area contributed by atoms with E-state index in [-0.39, 0.29) is 24.0 Å². The molecule has 0 saturated carbocycles. The number of thioether (sulfide) groups is 1. The van der Waals surface area contributed by atoms with E-state index in [4.69, 9.17) is 16.3 Å². The Balaban J connectivity index is 1.50. The lowest BCUT2D eigenvalue weighted by atomic mass is 9.93. The molecule has 2 atom stereocenters. The zero-order valence-corrected chi connectivity index (χ0v) is 19.5. The molecule has 2 aliphatic heterocycles. The first-order chi connectivity index (χ1) is 16.0. The summed E-state index contributed by atoms with van der Waals surface area (Å²) in [7, 11) is 0. The Hall–Kier alpha value is -3.09. The van der Waals surface area contributed by atoms with Gasteiger partial charge in [-0.05, 0) is 60.5 Å². The van der Waals surface area contributed by atoms with Gasteiger partial charge in [0.05, 0.1) is 17.3 Å². The summed E-state index contributed by atoms with van der Waals surface area (Å²) in [6.07, 6.45) is 0.138. The summed E-state index contributed by atoms with van der Waals surface area (Å²) >= 11 is 7.63. The van der Waals surface area contributed by atoms with Crippen LogP contribution in [0.15, 0.2) is 77.8 Å². The molecule has 5 rings (SSSR count). The number of cyclic esters (lactones) is 1. The summed E-state index contributed by atoms with van der Waals surface area (Å²) in [4.78, 5) is 32.6. The number of fused-ring (bicyclic) bond motifs is 1. The summed E-state index contributed by atoms with van der Waals surface area (Å²) in [5.41, 5.74) is 3.42. The predicted molar refractivity (Wildman–Crippen MR) is 132 cm³/mol. The molecule has 0 saturated heterocycles. The molecule has 0 aliphatic carbocycles. The molecular weight excluding hydrogens is 456 g/mol. The van der Waals surface area contributed by atoms with E-state index in [9.17, 15) is 9.59 Å². The number of halogens is 1. The van der Waals surface area contributed by atoms with Gasteiger partial charge in [-0.3, -0.25) is 14.7 Å². The van der Waals surface area contributed by atoms with Crippen LogP contribution in [0.2, 0.25) is 5.02 Å². The van der Waals surface area contributed by atoms with E-state index in [0.717, 1.165) is 16.9 Å². The normalized spacial score (nSPS) is 19.5. The van der Waals surface area contributed by atoms with Crippen LogP contribution < -0.4 is 4.90 Å². The second-order valence-electron chi connectivity index (χ2n) is 8.07. The van der Waals surface area contributed by atoms with Crippen molar-refractivity contribution in [2.24, 2.45) is 4.99 Å². The molecule has 0 aromatic heterocycles. The number of carbonyl (C=O) groups is 2. The molecule has 0 radical (unpaired) electrons. The Labute approximate surface area is 201 Å². The van der Waals surface area contributed by atoms with Crippen LogP contribution in [0.5, 0.6) is 0 Å². The highest BCUT2D eigenvalue weighted by Crippen LogP contribution is 2.33. The highest BCUT2D eigenvalue weighted by molar-refractivity contribution is 8.14. The molecule has 0 fully saturated rings. The van der Waals surface area contributed by atoms with Gasteiger partial charge in [0.15, 0.2) is 5.17 Å². The van der Waals surface area contributed by atoms with Crippen molar-refractivity contribution in [3.63, 3.8) is 0 Å². The van der Waals surface area contributed by atoms with Crippen molar-refractivity contribution in [1.82, 2.24) is 0 Å². The van der Waals surface area contributed by atoms with Gasteiger partial charge in [0.2, 0.25) is 0 Å². The van der Waals surface area contributed by atoms with Crippen LogP contribution >= 0.6 is 23.4 Å². The molecule has 0 bridgehead atoms. The van der Waals surface area contributed by atoms with Crippen molar-refractivity contribution in [3.05, 3.63) is 100 Å². The first-order valence-corrected chi connectivity index (χ1v) is 12.1. The van der Waals surface area contributed by atoms with Crippen LogP contribution in [0.4, 0.5) is 5.69 Å². The largest absolute Gasteiger partial charge is 0.454 e. The Morgan fingerprint density at radius 2 is 1.85 bits per heavy atom. The summed E-state index contributed by atoms with van der Waals surface area (Å²) in [5.74, 6) is 0.250. The summed E-state index contributed by atoms with van der Waals surface area (Å²) in [6, 6.07) is 22.1. The summed E-state index contributed by atoms with van der Waals surface area (Å²) < 4.78 is 5.65. The fraction of sp³-hybridized carbons (Fsp3) is 0.192. The average molecular weight is 477 g/mol. The third kappa shape index (κ3) is 4.41. The standard InChI is InChI=1S/C26H21ClN2O3S/c1-16-15-33-26(28-16)29(21-10-8-20(27)9-11-21)24(30)18-7-12-22-19(13-18)14-23(32-25(22)31)17-5-3-2-4-6-17/h2-13,16,23H,14-15H2,1H3. The highest BCUT2D eigenvalue weighted by atomic mass is 35.5. The van der Waals surface area contributed by atoms with Crippen molar-refractivity contribution < 1.29 is 14.3 Å². The van der Waals surface area contributed by atoms with E-state index in [1.807, 2.05) is 49.4 Å². The molecule has 2 aliphatic rings. The number of nitrogens with zero attached hydrogens (tertiary/aromatic N) is 2. The maximum atomic E-state index is 13.7. The van der Waals surface area contributed by atoms with Crippen molar-refractivity contribution in [3.8, 4) is 0 Å². The zero-order valence-electron chi connectivity index (χ0n) is 17.9. The number of anilines is 1. The molecule has 3 aromatic rings. The molecule has 7 heteroatoms. The lowest BCUT2D eigenvalue weighted by Crippen LogP contribution is -2.35. The van der Waals surface area contributed by atoms with E-state index in [2.05, 4.69) is 4.99 Å². The van der Waals surface area contributed by atoms with Gasteiger partial charge < -0.3 is 4.74 Å². The lowest BCUT2D eigenvalue weighted by Gasteiger charge is -2.26. The fourth-order valence-corrected chi connectivity index (χ4v) is 5.16. The number of ether oxygens (including phenoxy) is 1. The van der Waals surface area contributed by atoms with Gasteiger partial charge in [-0.25, -0.2) is 4.79 Å². The van der Waals surface area contributed by atoms with Gasteiger partial charge in [-0.2, -0.15) is 0 Å². The molecule has 2 unspecified atom stereocenters. The second kappa shape index (κ2) is 9.04. The number of rotatable bonds is 3. The van der Waals surface area contributed by atoms with E-state index in [0.29, 0.717) is 33.4 Å². The molecule has 0 N–H and O–H groups in total. The maximum absolute atomic E-state index is 13.7. The molecular formula is C26H21ClN2O3S. The minimum absolute atomic E-state index is 0.137. The van der Waals surface area contributed by atoms with Crippen LogP contribution in [0.3, 0.4) is 0 Å². The van der Waals surface area contributed by atoms with Crippen LogP contribution in [0, 0.1) is 0 Å². The molecule has 3 aromatic carbocycles. The van der Waals surface area contributed by atoms with Gasteiger partial charge in [-0.15, -0.1) is 0 Å². The van der Waals surface area contributed by atoms with E-state index < -0.39 is 0 Å². The summed E-state index contributed by atoms with van der Waals surface area (Å²) in [5, 5.41) is 1.26. The minimum atomic E-state index is -0.375. The van der Waals surface area contributed by atoms with Gasteiger partial charge in [0, 0.05) is 22.8 Å². The number of hydrogen-bond acceptors (Lipinski definition) is 5. The minimum Gasteiger partial charge on any atom is -0.454 e. The Kier molecular flexibility index (Phi) is 5.96. The first kappa shape index (κ1) is 21.7. The summed E-state index contributed by atoms with van der Waals surface area (Å²) in [6.45, 7) is 2.03. The van der Waals surface area contributed by atoms with Crippen molar-refractivity contribution in [1.29, 1.82) is 0 Å². The number of amides is 1. The number of benzene rings is 3. The third-order valence-electron chi connectivity index (χ3n) is 5.66. The Morgan fingerprint density at radius 1 is 1.09 bits per heavy atom. The molecule has 166 valence electrons. The monoisotopic (exact) mass is 476 g/mol. The average Bonchev–Trinajstić information content (AvgIpc) is 3.26. The topological polar surface area (TPSA) is 59.0 Å². The number of carbonyl (C=O) groups excluding carboxylic acids is 2. The SMILES string of the molecule is CC1CSC(N(C(=O)c2ccc3c(c2)CC(c2ccccc2)OC3=O)c2ccc(Cl)cc2)=N1. The van der Waals surface area contributed by atoms with Crippen molar-refractivity contribution in [2.45, 2.75) is 25.5 Å². The van der Waals surface area contributed by atoms with E-state index >= 15 is 0 Å². The highest BCUT2D eigenvalue weighted by Gasteiger charge is 2.31. The quantitative estimate of drug-likeness (QED) is 0.439. The van der Waals surface area contributed by atoms with Gasteiger partial charge in [0.1, 0.15) is 6.10 Å². The Bertz CT molecular complexity index is 1240. The molecule has 2 heterocycles. The molecule has 33 heavy (non-hydrogen) atoms. The van der Waals surface area contributed by atoms with E-state index in [1.165, 1.54) is 0 Å². The van der Waals surface area contributed by atoms with Crippen molar-refractivity contribution >= 4 is 46.1 Å². The third-order valence-corrected chi connectivity index (χ3v) is 7.11. The van der Waals surface area contributed by atoms with Gasteiger partial charge in [0.25, 0.3) is 5.91 Å². The van der Waals surface area contributed by atoms with Crippen LogP contribution in [0.25, 0.3) is 0 Å². The van der Waals surface area contributed by atoms with E-state index in [1.54, 1.807) is 47.0 Å². The molecule has 5 nitrogen and oxygen atoms in total. The number of amidine groups is 1. The maximum Gasteiger partial charge on any atom is 0.339 e. The van der Waals surface area contributed by atoms with Gasteiger partial charge >= 0.3 is 5.97 Å². The first-order valence-electron chi connectivity index (χ1n) is 10.7. The van der Waals surface area contributed by atoms with Crippen LogP contribution in [0.1, 0.15) is 44.9 Å². The van der Waals surface area contributed by atoms with Crippen LogP contribution in [-0.2, 0) is 11.2 Å². The van der Waals surface area contributed by atoms with Crippen LogP contribution in [-0.4, -0.2) is 28.8 Å². The second-order valence-corrected chi connectivity index (χ2v) is 9.49.